The van der Waals surface area contributed by atoms with E-state index >= 15 is 0 Å². The fourth-order valence-corrected chi connectivity index (χ4v) is 1.88. The van der Waals surface area contributed by atoms with Crippen molar-refractivity contribution < 1.29 is 4.42 Å². The first-order valence-electron chi connectivity index (χ1n) is 4.20. The van der Waals surface area contributed by atoms with Crippen molar-refractivity contribution in [3.05, 3.63) is 24.2 Å². The molecule has 0 fully saturated rings. The molecule has 0 bridgehead atoms. The summed E-state index contributed by atoms with van der Waals surface area (Å²) in [7, 11) is 0. The fourth-order valence-electron chi connectivity index (χ4n) is 0.947. The van der Waals surface area contributed by atoms with E-state index in [1.165, 1.54) is 0 Å². The maximum absolute atomic E-state index is 5.57. The summed E-state index contributed by atoms with van der Waals surface area (Å²) in [5, 5.41) is 0.565. The van der Waals surface area contributed by atoms with Crippen LogP contribution in [-0.4, -0.2) is 11.8 Å². The molecule has 0 aliphatic carbocycles. The number of thioether (sulfide) groups is 1. The van der Waals surface area contributed by atoms with Gasteiger partial charge < -0.3 is 10.2 Å². The molecular weight excluding hydrogens is 170 g/mol. The molecule has 3 heteroatoms. The zero-order valence-electron chi connectivity index (χ0n) is 7.32. The van der Waals surface area contributed by atoms with Crippen LogP contribution >= 0.6 is 11.8 Å². The zero-order chi connectivity index (χ0) is 8.81. The van der Waals surface area contributed by atoms with Gasteiger partial charge in [0.25, 0.3) is 0 Å². The van der Waals surface area contributed by atoms with Crippen molar-refractivity contribution in [3.8, 4) is 0 Å². The summed E-state index contributed by atoms with van der Waals surface area (Å²) in [6.07, 6.45) is 2.83. The summed E-state index contributed by atoms with van der Waals surface area (Å²) in [5.41, 5.74) is 5.57. The molecule has 1 rings (SSSR count). The second-order valence-electron chi connectivity index (χ2n) is 2.66. The lowest BCUT2D eigenvalue weighted by Gasteiger charge is -2.09. The molecule has 0 aliphatic heterocycles. The second kappa shape index (κ2) is 5.27. The van der Waals surface area contributed by atoms with E-state index in [-0.39, 0.29) is 0 Å². The normalized spacial score (nSPS) is 13.2. The van der Waals surface area contributed by atoms with Crippen LogP contribution in [0.25, 0.3) is 0 Å². The lowest BCUT2D eigenvalue weighted by molar-refractivity contribution is 0.530. The maximum Gasteiger partial charge on any atom is 0.113 e. The van der Waals surface area contributed by atoms with Gasteiger partial charge in [-0.15, -0.1) is 11.8 Å². The van der Waals surface area contributed by atoms with E-state index in [1.807, 2.05) is 23.9 Å². The third kappa shape index (κ3) is 2.91. The average Bonchev–Trinajstić information content (AvgIpc) is 2.59. The molecule has 68 valence electrons. The summed E-state index contributed by atoms with van der Waals surface area (Å²) in [6.45, 7) is 2.91. The van der Waals surface area contributed by atoms with Crippen LogP contribution in [0.5, 0.6) is 0 Å². The smallest absolute Gasteiger partial charge is 0.113 e. The van der Waals surface area contributed by atoms with Gasteiger partial charge in [0.1, 0.15) is 5.76 Å². The third-order valence-corrected chi connectivity index (χ3v) is 3.21. The first kappa shape index (κ1) is 9.68. The lowest BCUT2D eigenvalue weighted by Crippen LogP contribution is -2.15. The van der Waals surface area contributed by atoms with Crippen LogP contribution in [0.2, 0.25) is 0 Å². The minimum Gasteiger partial charge on any atom is -0.468 e. The fraction of sp³-hybridized carbons (Fsp3) is 0.556. The van der Waals surface area contributed by atoms with E-state index in [4.69, 9.17) is 10.2 Å². The highest BCUT2D eigenvalue weighted by molar-refractivity contribution is 7.99. The molecule has 2 N–H and O–H groups in total. The van der Waals surface area contributed by atoms with Crippen LogP contribution in [0, 0.1) is 0 Å². The molecule has 1 aromatic heterocycles. The Kier molecular flexibility index (Phi) is 4.25. The molecule has 0 saturated heterocycles. The summed E-state index contributed by atoms with van der Waals surface area (Å²) < 4.78 is 5.21. The molecule has 12 heavy (non-hydrogen) atoms. The largest absolute Gasteiger partial charge is 0.468 e. The molecule has 1 atom stereocenters. The molecule has 2 nitrogen and oxygen atoms in total. The molecule has 0 aliphatic rings. The Morgan fingerprint density at radius 1 is 1.67 bits per heavy atom. The van der Waals surface area contributed by atoms with E-state index in [1.54, 1.807) is 6.26 Å². The van der Waals surface area contributed by atoms with Crippen LogP contribution in [0.4, 0.5) is 0 Å². The minimum atomic E-state index is 0.565. The molecule has 1 heterocycles. The van der Waals surface area contributed by atoms with Crippen molar-refractivity contribution >= 4 is 11.8 Å². The lowest BCUT2D eigenvalue weighted by atomic mass is 10.3. The van der Waals surface area contributed by atoms with Crippen molar-refractivity contribution in [1.82, 2.24) is 0 Å². The van der Waals surface area contributed by atoms with Crippen molar-refractivity contribution in [3.63, 3.8) is 0 Å². The summed E-state index contributed by atoms with van der Waals surface area (Å²) >= 11 is 1.86. The number of hydrogen-bond acceptors (Lipinski definition) is 3. The van der Waals surface area contributed by atoms with Gasteiger partial charge in [0.15, 0.2) is 0 Å². The Bertz CT molecular complexity index is 194. The van der Waals surface area contributed by atoms with Gasteiger partial charge in [-0.2, -0.15) is 0 Å². The van der Waals surface area contributed by atoms with Crippen molar-refractivity contribution in [2.75, 3.05) is 6.54 Å². The van der Waals surface area contributed by atoms with Gasteiger partial charge >= 0.3 is 0 Å². The highest BCUT2D eigenvalue weighted by Gasteiger charge is 2.04. The van der Waals surface area contributed by atoms with Crippen molar-refractivity contribution in [2.24, 2.45) is 5.73 Å². The SMILES string of the molecule is CCC(CN)SCc1ccco1. The molecule has 1 unspecified atom stereocenters. The summed E-state index contributed by atoms with van der Waals surface area (Å²) in [5.74, 6) is 1.97. The van der Waals surface area contributed by atoms with E-state index in [0.717, 1.165) is 24.5 Å². The number of nitrogens with two attached hydrogens (primary N) is 1. The summed E-state index contributed by atoms with van der Waals surface area (Å²) in [6, 6.07) is 3.91. The van der Waals surface area contributed by atoms with Crippen LogP contribution in [0.15, 0.2) is 22.8 Å². The highest BCUT2D eigenvalue weighted by atomic mass is 32.2. The Labute approximate surface area is 77.5 Å². The first-order chi connectivity index (χ1) is 5.86. The maximum atomic E-state index is 5.57. The van der Waals surface area contributed by atoms with Crippen LogP contribution in [-0.2, 0) is 5.75 Å². The number of furan rings is 1. The highest BCUT2D eigenvalue weighted by Crippen LogP contribution is 2.19. The molecular formula is C9H15NOS. The Morgan fingerprint density at radius 3 is 3.00 bits per heavy atom. The van der Waals surface area contributed by atoms with Crippen LogP contribution in [0.3, 0.4) is 0 Å². The zero-order valence-corrected chi connectivity index (χ0v) is 8.14. The Hall–Kier alpha value is -0.410. The van der Waals surface area contributed by atoms with Gasteiger partial charge in [-0.3, -0.25) is 0 Å². The molecule has 0 aromatic carbocycles. The average molecular weight is 185 g/mol. The molecule has 1 aromatic rings. The molecule has 0 radical (unpaired) electrons. The Morgan fingerprint density at radius 2 is 2.50 bits per heavy atom. The van der Waals surface area contributed by atoms with Gasteiger partial charge in [0.2, 0.25) is 0 Å². The minimum absolute atomic E-state index is 0.565. The van der Waals surface area contributed by atoms with E-state index in [0.29, 0.717) is 5.25 Å². The van der Waals surface area contributed by atoms with Gasteiger partial charge in [0, 0.05) is 11.8 Å². The van der Waals surface area contributed by atoms with Gasteiger partial charge in [-0.05, 0) is 18.6 Å². The van der Waals surface area contributed by atoms with Crippen molar-refractivity contribution in [1.29, 1.82) is 0 Å². The van der Waals surface area contributed by atoms with Crippen molar-refractivity contribution in [2.45, 2.75) is 24.3 Å². The third-order valence-electron chi connectivity index (χ3n) is 1.76. The predicted octanol–water partition coefficient (Wildman–Crippen LogP) is 2.25. The number of rotatable bonds is 5. The number of hydrogen-bond donors (Lipinski definition) is 1. The molecule has 0 spiro atoms. The molecule has 0 saturated carbocycles. The van der Waals surface area contributed by atoms with E-state index in [2.05, 4.69) is 6.92 Å². The standard InChI is InChI=1S/C9H15NOS/c1-2-9(6-10)12-7-8-4-3-5-11-8/h3-5,9H,2,6-7,10H2,1H3. The Balaban J connectivity index is 2.25. The molecule has 0 amide bonds. The quantitative estimate of drug-likeness (QED) is 0.764. The van der Waals surface area contributed by atoms with Gasteiger partial charge in [-0.25, -0.2) is 0 Å². The van der Waals surface area contributed by atoms with Crippen LogP contribution in [0.1, 0.15) is 19.1 Å². The second-order valence-corrected chi connectivity index (χ2v) is 3.95. The van der Waals surface area contributed by atoms with Gasteiger partial charge in [-0.1, -0.05) is 6.92 Å². The summed E-state index contributed by atoms with van der Waals surface area (Å²) in [4.78, 5) is 0. The first-order valence-corrected chi connectivity index (χ1v) is 5.25. The van der Waals surface area contributed by atoms with E-state index in [9.17, 15) is 0 Å². The topological polar surface area (TPSA) is 39.2 Å². The monoisotopic (exact) mass is 185 g/mol. The predicted molar refractivity (Wildman–Crippen MR) is 53.1 cm³/mol. The van der Waals surface area contributed by atoms with Crippen LogP contribution < -0.4 is 5.73 Å². The van der Waals surface area contributed by atoms with E-state index < -0.39 is 0 Å². The van der Waals surface area contributed by atoms with Gasteiger partial charge in [0.05, 0.1) is 12.0 Å².